The van der Waals surface area contributed by atoms with E-state index in [0.29, 0.717) is 5.92 Å². The summed E-state index contributed by atoms with van der Waals surface area (Å²) in [5, 5.41) is 3.30. The number of nitrogens with zero attached hydrogens (tertiary/aromatic N) is 2. The highest BCUT2D eigenvalue weighted by atomic mass is 16.5. The van der Waals surface area contributed by atoms with Crippen LogP contribution in [0.3, 0.4) is 0 Å². The minimum Gasteiger partial charge on any atom is -0.379 e. The fourth-order valence-corrected chi connectivity index (χ4v) is 1.38. The van der Waals surface area contributed by atoms with Crippen LogP contribution in [0.25, 0.3) is 0 Å². The van der Waals surface area contributed by atoms with Crippen molar-refractivity contribution in [2.24, 2.45) is 0 Å². The molecular weight excluding hydrogens is 214 g/mol. The van der Waals surface area contributed by atoms with Crippen LogP contribution in [0.2, 0.25) is 0 Å². The lowest BCUT2D eigenvalue weighted by Gasteiger charge is -2.22. The van der Waals surface area contributed by atoms with Crippen molar-refractivity contribution in [3.05, 3.63) is 18.1 Å². The zero-order valence-electron chi connectivity index (χ0n) is 11.4. The highest BCUT2D eigenvalue weighted by molar-refractivity contribution is 5.35. The number of aromatic nitrogens is 2. The van der Waals surface area contributed by atoms with Gasteiger partial charge in [-0.3, -0.25) is 0 Å². The Morgan fingerprint density at radius 2 is 2.06 bits per heavy atom. The van der Waals surface area contributed by atoms with Gasteiger partial charge in [-0.2, -0.15) is 0 Å². The van der Waals surface area contributed by atoms with Crippen molar-refractivity contribution in [3.63, 3.8) is 0 Å². The number of hydrogen-bond donors (Lipinski definition) is 1. The van der Waals surface area contributed by atoms with E-state index in [0.717, 1.165) is 24.5 Å². The zero-order valence-corrected chi connectivity index (χ0v) is 11.4. The maximum absolute atomic E-state index is 5.36. The van der Waals surface area contributed by atoms with Crippen molar-refractivity contribution in [1.29, 1.82) is 0 Å². The van der Waals surface area contributed by atoms with Crippen LogP contribution in [0.15, 0.2) is 12.4 Å². The molecule has 0 aliphatic carbocycles. The van der Waals surface area contributed by atoms with Gasteiger partial charge in [-0.15, -0.1) is 0 Å². The number of ether oxygens (including phenoxy) is 1. The zero-order chi connectivity index (χ0) is 12.9. The number of methoxy groups -OCH3 is 1. The molecule has 0 aliphatic rings. The van der Waals surface area contributed by atoms with E-state index in [-0.39, 0.29) is 5.60 Å². The Labute approximate surface area is 104 Å². The summed E-state index contributed by atoms with van der Waals surface area (Å²) >= 11 is 0. The summed E-state index contributed by atoms with van der Waals surface area (Å²) in [4.78, 5) is 8.44. The van der Waals surface area contributed by atoms with Crippen molar-refractivity contribution in [2.75, 3.05) is 19.0 Å². The van der Waals surface area contributed by atoms with Gasteiger partial charge >= 0.3 is 0 Å². The molecule has 1 heterocycles. The molecule has 0 bridgehead atoms. The van der Waals surface area contributed by atoms with Crippen molar-refractivity contribution >= 4 is 5.82 Å². The smallest absolute Gasteiger partial charge is 0.129 e. The summed E-state index contributed by atoms with van der Waals surface area (Å²) in [5.74, 6) is 1.31. The lowest BCUT2D eigenvalue weighted by molar-refractivity contribution is 0.0185. The van der Waals surface area contributed by atoms with Crippen LogP contribution in [0.4, 0.5) is 5.82 Å². The van der Waals surface area contributed by atoms with Crippen LogP contribution in [0.1, 0.15) is 45.7 Å². The van der Waals surface area contributed by atoms with Crippen LogP contribution in [0, 0.1) is 0 Å². The molecule has 0 saturated carbocycles. The molecule has 0 amide bonds. The van der Waals surface area contributed by atoms with E-state index in [1.807, 2.05) is 6.07 Å². The normalized spacial score (nSPS) is 11.9. The lowest BCUT2D eigenvalue weighted by atomic mass is 10.1. The number of nitrogens with one attached hydrogen (secondary N) is 1. The first-order valence-corrected chi connectivity index (χ1v) is 6.05. The van der Waals surface area contributed by atoms with Gasteiger partial charge in [0.1, 0.15) is 12.1 Å². The van der Waals surface area contributed by atoms with E-state index in [2.05, 4.69) is 43.0 Å². The fraction of sp³-hybridized carbons (Fsp3) is 0.692. The topological polar surface area (TPSA) is 47.0 Å². The fourth-order valence-electron chi connectivity index (χ4n) is 1.38. The van der Waals surface area contributed by atoms with Gasteiger partial charge in [-0.25, -0.2) is 9.97 Å². The van der Waals surface area contributed by atoms with Crippen LogP contribution in [0.5, 0.6) is 0 Å². The monoisotopic (exact) mass is 237 g/mol. The average Bonchev–Trinajstić information content (AvgIpc) is 2.29. The number of rotatable bonds is 6. The van der Waals surface area contributed by atoms with Gasteiger partial charge in [-0.1, -0.05) is 13.8 Å². The molecule has 0 fully saturated rings. The predicted octanol–water partition coefficient (Wildman–Crippen LogP) is 2.83. The second-order valence-electron chi connectivity index (χ2n) is 5.12. The Bertz CT molecular complexity index is 350. The van der Waals surface area contributed by atoms with Gasteiger partial charge in [-0.05, 0) is 26.2 Å². The number of hydrogen-bond acceptors (Lipinski definition) is 4. The molecular formula is C13H23N3O. The predicted molar refractivity (Wildman–Crippen MR) is 70.3 cm³/mol. The summed E-state index contributed by atoms with van der Waals surface area (Å²) in [7, 11) is 1.74. The second kappa shape index (κ2) is 5.96. The third-order valence-corrected chi connectivity index (χ3v) is 2.87. The van der Waals surface area contributed by atoms with E-state index in [9.17, 15) is 0 Å². The van der Waals surface area contributed by atoms with Gasteiger partial charge in [0.2, 0.25) is 0 Å². The molecule has 0 aromatic carbocycles. The van der Waals surface area contributed by atoms with Crippen molar-refractivity contribution < 1.29 is 4.74 Å². The standard InChI is InChI=1S/C13H23N3O/c1-10(2)11-8-12(16-9-15-11)14-7-6-13(3,4)17-5/h8-10H,6-7H2,1-5H3,(H,14,15,16). The van der Waals surface area contributed by atoms with E-state index >= 15 is 0 Å². The first-order chi connectivity index (χ1) is 7.94. The van der Waals surface area contributed by atoms with E-state index in [4.69, 9.17) is 4.74 Å². The molecule has 1 N–H and O–H groups in total. The summed E-state index contributed by atoms with van der Waals surface area (Å²) < 4.78 is 5.36. The highest BCUT2D eigenvalue weighted by Crippen LogP contribution is 2.15. The summed E-state index contributed by atoms with van der Waals surface area (Å²) in [6.07, 6.45) is 2.55. The Balaban J connectivity index is 2.50. The van der Waals surface area contributed by atoms with Gasteiger partial charge in [0.25, 0.3) is 0 Å². The SMILES string of the molecule is COC(C)(C)CCNc1cc(C(C)C)ncn1. The molecule has 17 heavy (non-hydrogen) atoms. The number of anilines is 1. The Morgan fingerprint density at radius 1 is 1.35 bits per heavy atom. The Kier molecular flexibility index (Phi) is 4.87. The first kappa shape index (κ1) is 13.9. The molecule has 1 rings (SSSR count). The van der Waals surface area contributed by atoms with Gasteiger partial charge in [0.05, 0.1) is 5.60 Å². The van der Waals surface area contributed by atoms with E-state index < -0.39 is 0 Å². The molecule has 0 aliphatic heterocycles. The van der Waals surface area contributed by atoms with E-state index in [1.54, 1.807) is 13.4 Å². The molecule has 0 atom stereocenters. The summed E-state index contributed by atoms with van der Waals surface area (Å²) in [6, 6.07) is 2.00. The van der Waals surface area contributed by atoms with Gasteiger partial charge < -0.3 is 10.1 Å². The summed E-state index contributed by atoms with van der Waals surface area (Å²) in [6.45, 7) is 9.25. The highest BCUT2D eigenvalue weighted by Gasteiger charge is 2.15. The quantitative estimate of drug-likeness (QED) is 0.826. The van der Waals surface area contributed by atoms with Crippen molar-refractivity contribution in [1.82, 2.24) is 9.97 Å². The molecule has 0 radical (unpaired) electrons. The minimum atomic E-state index is -0.0963. The third-order valence-electron chi connectivity index (χ3n) is 2.87. The second-order valence-corrected chi connectivity index (χ2v) is 5.12. The maximum atomic E-state index is 5.36. The molecule has 0 saturated heterocycles. The largest absolute Gasteiger partial charge is 0.379 e. The van der Waals surface area contributed by atoms with Gasteiger partial charge in [0, 0.05) is 25.4 Å². The molecule has 1 aromatic rings. The van der Waals surface area contributed by atoms with Gasteiger partial charge in [0.15, 0.2) is 0 Å². The Morgan fingerprint density at radius 3 is 2.65 bits per heavy atom. The van der Waals surface area contributed by atoms with Crippen LogP contribution < -0.4 is 5.32 Å². The molecule has 4 heteroatoms. The minimum absolute atomic E-state index is 0.0963. The Hall–Kier alpha value is -1.16. The molecule has 4 nitrogen and oxygen atoms in total. The van der Waals surface area contributed by atoms with Crippen molar-refractivity contribution in [3.8, 4) is 0 Å². The molecule has 0 unspecified atom stereocenters. The molecule has 96 valence electrons. The lowest BCUT2D eigenvalue weighted by Crippen LogP contribution is -2.25. The van der Waals surface area contributed by atoms with Crippen LogP contribution >= 0.6 is 0 Å². The first-order valence-electron chi connectivity index (χ1n) is 6.05. The molecule has 1 aromatic heterocycles. The summed E-state index contributed by atoms with van der Waals surface area (Å²) in [5.41, 5.74) is 0.967. The average molecular weight is 237 g/mol. The maximum Gasteiger partial charge on any atom is 0.129 e. The van der Waals surface area contributed by atoms with E-state index in [1.165, 1.54) is 0 Å². The third kappa shape index (κ3) is 4.69. The van der Waals surface area contributed by atoms with Crippen LogP contribution in [-0.4, -0.2) is 29.2 Å². The van der Waals surface area contributed by atoms with Crippen molar-refractivity contribution in [2.45, 2.75) is 45.6 Å². The molecule has 0 spiro atoms. The van der Waals surface area contributed by atoms with Crippen LogP contribution in [-0.2, 0) is 4.74 Å².